The van der Waals surface area contributed by atoms with Gasteiger partial charge in [-0.3, -0.25) is 10.2 Å². The Balaban J connectivity index is 2.09. The van der Waals surface area contributed by atoms with E-state index in [4.69, 9.17) is 4.74 Å². The normalized spacial score (nSPS) is 15.9. The molecule has 1 aromatic carbocycles. The smallest absolute Gasteiger partial charge is 0.412 e. The molecule has 128 valence electrons. The molecule has 0 bridgehead atoms. The van der Waals surface area contributed by atoms with Gasteiger partial charge in [-0.15, -0.1) is 0 Å². The van der Waals surface area contributed by atoms with Gasteiger partial charge in [-0.2, -0.15) is 0 Å². The highest BCUT2D eigenvalue weighted by molar-refractivity contribution is 5.86. The Hall–Kier alpha value is -1.69. The van der Waals surface area contributed by atoms with Crippen LogP contribution in [0.2, 0.25) is 0 Å². The van der Waals surface area contributed by atoms with Crippen molar-refractivity contribution >= 4 is 11.8 Å². The molecule has 0 spiro atoms. The van der Waals surface area contributed by atoms with Crippen molar-refractivity contribution in [3.8, 4) is 0 Å². The van der Waals surface area contributed by atoms with Gasteiger partial charge >= 0.3 is 6.09 Å². The maximum atomic E-state index is 13.2. The molecule has 1 amide bonds. The fourth-order valence-electron chi connectivity index (χ4n) is 2.73. The van der Waals surface area contributed by atoms with Crippen LogP contribution in [-0.4, -0.2) is 35.6 Å². The van der Waals surface area contributed by atoms with Crippen LogP contribution < -0.4 is 5.32 Å². The van der Waals surface area contributed by atoms with Gasteiger partial charge in [0.25, 0.3) is 5.92 Å². The van der Waals surface area contributed by atoms with Crippen LogP contribution in [0, 0.1) is 0 Å². The molecule has 1 N–H and O–H groups in total. The summed E-state index contributed by atoms with van der Waals surface area (Å²) in [6.07, 6.45) is 0.116. The summed E-state index contributed by atoms with van der Waals surface area (Å²) in [6, 6.07) is 5.54. The van der Waals surface area contributed by atoms with Gasteiger partial charge in [0.15, 0.2) is 0 Å². The average molecular weight is 326 g/mol. The minimum atomic E-state index is -2.70. The summed E-state index contributed by atoms with van der Waals surface area (Å²) in [7, 11) is 0. The molecule has 1 aromatic rings. The van der Waals surface area contributed by atoms with Crippen LogP contribution in [0.5, 0.6) is 0 Å². The van der Waals surface area contributed by atoms with Crippen LogP contribution in [0.4, 0.5) is 19.3 Å². The minimum Gasteiger partial charge on any atom is -0.444 e. The Labute approximate surface area is 135 Å². The van der Waals surface area contributed by atoms with Crippen molar-refractivity contribution in [2.24, 2.45) is 0 Å². The summed E-state index contributed by atoms with van der Waals surface area (Å²) in [5.74, 6) is -2.70. The lowest BCUT2D eigenvalue weighted by molar-refractivity contribution is -0.0178. The van der Waals surface area contributed by atoms with Gasteiger partial charge in [0.2, 0.25) is 0 Å². The third-order valence-corrected chi connectivity index (χ3v) is 3.48. The summed E-state index contributed by atoms with van der Waals surface area (Å²) in [5, 5.41) is 2.76. The molecule has 2 rings (SSSR count). The summed E-state index contributed by atoms with van der Waals surface area (Å²) >= 11 is 0. The lowest BCUT2D eigenvalue weighted by atomic mass is 9.97. The molecule has 4 nitrogen and oxygen atoms in total. The predicted octanol–water partition coefficient (Wildman–Crippen LogP) is 4.05. The number of carbonyl (C=O) groups excluding carboxylic acids is 1. The van der Waals surface area contributed by atoms with E-state index in [0.717, 1.165) is 18.1 Å². The van der Waals surface area contributed by atoms with E-state index in [1.54, 1.807) is 25.7 Å². The van der Waals surface area contributed by atoms with Crippen LogP contribution in [0.25, 0.3) is 0 Å². The topological polar surface area (TPSA) is 41.6 Å². The molecule has 0 aromatic heterocycles. The first kappa shape index (κ1) is 17.7. The number of alkyl halides is 2. The summed E-state index contributed by atoms with van der Waals surface area (Å²) in [6.45, 7) is 7.09. The van der Waals surface area contributed by atoms with E-state index in [-0.39, 0.29) is 6.54 Å². The highest BCUT2D eigenvalue weighted by atomic mass is 19.3. The minimum absolute atomic E-state index is 0.254. The van der Waals surface area contributed by atoms with Gasteiger partial charge in [0.1, 0.15) is 5.60 Å². The fourth-order valence-corrected chi connectivity index (χ4v) is 2.73. The van der Waals surface area contributed by atoms with Gasteiger partial charge in [-0.25, -0.2) is 13.6 Å². The maximum Gasteiger partial charge on any atom is 0.412 e. The number of nitrogens with zero attached hydrogens (tertiary/aromatic N) is 1. The van der Waals surface area contributed by atoms with Crippen molar-refractivity contribution in [3.05, 3.63) is 29.3 Å². The number of halogens is 2. The van der Waals surface area contributed by atoms with Crippen LogP contribution in [-0.2, 0) is 17.7 Å². The number of hydrogen-bond acceptors (Lipinski definition) is 3. The van der Waals surface area contributed by atoms with Crippen LogP contribution in [0.15, 0.2) is 18.2 Å². The van der Waals surface area contributed by atoms with Crippen molar-refractivity contribution in [2.45, 2.75) is 52.2 Å². The number of ether oxygens (including phenoxy) is 1. The molecule has 6 heteroatoms. The predicted molar refractivity (Wildman–Crippen MR) is 85.9 cm³/mol. The number of rotatable bonds is 3. The Bertz CT molecular complexity index is 577. The molecular formula is C17H24F2N2O2. The maximum absolute atomic E-state index is 13.2. The van der Waals surface area contributed by atoms with E-state index in [2.05, 4.69) is 5.32 Å². The molecular weight excluding hydrogens is 302 g/mol. The summed E-state index contributed by atoms with van der Waals surface area (Å²) in [5.41, 5.74) is 2.09. The Morgan fingerprint density at radius 2 is 2.00 bits per heavy atom. The number of benzene rings is 1. The molecule has 0 saturated heterocycles. The SMILES string of the molecule is CC(F)(F)CN1CCc2c(cccc2NC(=O)OC(C)(C)C)C1. The van der Waals surface area contributed by atoms with Crippen LogP contribution in [0.3, 0.4) is 0 Å². The van der Waals surface area contributed by atoms with Crippen molar-refractivity contribution < 1.29 is 18.3 Å². The first-order valence-corrected chi connectivity index (χ1v) is 7.74. The van der Waals surface area contributed by atoms with E-state index in [1.807, 2.05) is 18.2 Å². The molecule has 0 atom stereocenters. The lowest BCUT2D eigenvalue weighted by Crippen LogP contribution is -2.38. The zero-order chi connectivity index (χ0) is 17.3. The lowest BCUT2D eigenvalue weighted by Gasteiger charge is -2.31. The molecule has 1 aliphatic rings. The molecule has 1 aliphatic heterocycles. The van der Waals surface area contributed by atoms with Crippen LogP contribution in [0.1, 0.15) is 38.8 Å². The third kappa shape index (κ3) is 5.46. The molecule has 0 fully saturated rings. The van der Waals surface area contributed by atoms with E-state index in [0.29, 0.717) is 25.2 Å². The van der Waals surface area contributed by atoms with Crippen molar-refractivity contribution in [3.63, 3.8) is 0 Å². The zero-order valence-electron chi connectivity index (χ0n) is 14.1. The number of hydrogen-bond donors (Lipinski definition) is 1. The van der Waals surface area contributed by atoms with E-state index < -0.39 is 17.6 Å². The van der Waals surface area contributed by atoms with Crippen LogP contribution >= 0.6 is 0 Å². The van der Waals surface area contributed by atoms with E-state index >= 15 is 0 Å². The van der Waals surface area contributed by atoms with E-state index in [1.165, 1.54) is 0 Å². The molecule has 0 unspecified atom stereocenters. The number of amides is 1. The fraction of sp³-hybridized carbons (Fsp3) is 0.588. The Morgan fingerprint density at radius 3 is 2.61 bits per heavy atom. The number of anilines is 1. The quantitative estimate of drug-likeness (QED) is 0.911. The van der Waals surface area contributed by atoms with Gasteiger partial charge < -0.3 is 4.74 Å². The molecule has 0 aliphatic carbocycles. The van der Waals surface area contributed by atoms with Gasteiger partial charge in [0.05, 0.1) is 6.54 Å². The van der Waals surface area contributed by atoms with Gasteiger partial charge in [0, 0.05) is 25.7 Å². The Kier molecular flexibility index (Phi) is 4.94. The monoisotopic (exact) mass is 326 g/mol. The van der Waals surface area contributed by atoms with Crippen molar-refractivity contribution in [1.29, 1.82) is 0 Å². The molecule has 0 saturated carbocycles. The van der Waals surface area contributed by atoms with Gasteiger partial charge in [-0.05, 0) is 44.4 Å². The largest absolute Gasteiger partial charge is 0.444 e. The standard InChI is InChI=1S/C17H24F2N2O2/c1-16(2,3)23-15(22)20-14-7-5-6-12-10-21(9-8-13(12)14)11-17(4,18)19/h5-7H,8-11H2,1-4H3,(H,20,22). The van der Waals surface area contributed by atoms with E-state index in [9.17, 15) is 13.6 Å². The number of carbonyl (C=O) groups is 1. The van der Waals surface area contributed by atoms with Gasteiger partial charge in [-0.1, -0.05) is 12.1 Å². The second-order valence-electron chi connectivity index (χ2n) is 7.10. The second-order valence-corrected chi connectivity index (χ2v) is 7.10. The number of fused-ring (bicyclic) bond motifs is 1. The Morgan fingerprint density at radius 1 is 1.30 bits per heavy atom. The molecule has 1 heterocycles. The first-order chi connectivity index (χ1) is 10.5. The highest BCUT2D eigenvalue weighted by Crippen LogP contribution is 2.28. The average Bonchev–Trinajstić information content (AvgIpc) is 2.34. The summed E-state index contributed by atoms with van der Waals surface area (Å²) < 4.78 is 31.6. The first-order valence-electron chi connectivity index (χ1n) is 7.74. The van der Waals surface area contributed by atoms with Crippen molar-refractivity contribution in [1.82, 2.24) is 4.90 Å². The van der Waals surface area contributed by atoms with Crippen molar-refractivity contribution in [2.75, 3.05) is 18.4 Å². The highest BCUT2D eigenvalue weighted by Gasteiger charge is 2.28. The third-order valence-electron chi connectivity index (χ3n) is 3.48. The molecule has 0 radical (unpaired) electrons. The number of nitrogens with one attached hydrogen (secondary N) is 1. The summed E-state index contributed by atoms with van der Waals surface area (Å²) in [4.78, 5) is 13.7. The second kappa shape index (κ2) is 6.43. The zero-order valence-corrected chi connectivity index (χ0v) is 14.1. The molecule has 23 heavy (non-hydrogen) atoms.